The summed E-state index contributed by atoms with van der Waals surface area (Å²) in [4.78, 5) is 6.06. The van der Waals surface area contributed by atoms with Crippen molar-refractivity contribution in [3.05, 3.63) is 89.6 Å². The van der Waals surface area contributed by atoms with Gasteiger partial charge in [-0.3, -0.25) is 4.98 Å². The Hall–Kier alpha value is -3.43. The summed E-state index contributed by atoms with van der Waals surface area (Å²) in [7, 11) is 0. The zero-order valence-corrected chi connectivity index (χ0v) is 23.3. The molecule has 0 radical (unpaired) electrons. The summed E-state index contributed by atoms with van der Waals surface area (Å²) in [6, 6.07) is 24.3. The van der Waals surface area contributed by atoms with E-state index in [-0.39, 0.29) is 5.41 Å². The van der Waals surface area contributed by atoms with Gasteiger partial charge in [-0.25, -0.2) is 0 Å². The molecule has 0 amide bonds. The highest BCUT2D eigenvalue weighted by molar-refractivity contribution is 7.22. The predicted molar refractivity (Wildman–Crippen MR) is 160 cm³/mol. The Morgan fingerprint density at radius 1 is 0.892 bits per heavy atom. The molecule has 186 valence electrons. The Balaban J connectivity index is 1.51. The van der Waals surface area contributed by atoms with Gasteiger partial charge in [0, 0.05) is 21.8 Å². The Morgan fingerprint density at radius 2 is 1.70 bits per heavy atom. The lowest BCUT2D eigenvalue weighted by Gasteiger charge is -2.22. The maximum Gasteiger partial charge on any atom is 0.145 e. The van der Waals surface area contributed by atoms with E-state index < -0.39 is 0 Å². The van der Waals surface area contributed by atoms with Crippen molar-refractivity contribution in [2.75, 3.05) is 0 Å². The first-order valence-electron chi connectivity index (χ1n) is 13.1. The predicted octanol–water partition coefficient (Wildman–Crippen LogP) is 10.3. The third kappa shape index (κ3) is 4.26. The van der Waals surface area contributed by atoms with Crippen molar-refractivity contribution in [1.82, 2.24) is 4.98 Å². The molecule has 0 atom stereocenters. The Kier molecular flexibility index (Phi) is 5.72. The van der Waals surface area contributed by atoms with Gasteiger partial charge < -0.3 is 4.42 Å². The van der Waals surface area contributed by atoms with E-state index in [4.69, 9.17) is 9.40 Å². The van der Waals surface area contributed by atoms with Crippen LogP contribution in [0.5, 0.6) is 0 Å². The molecule has 6 aromatic rings. The molecule has 0 unspecified atom stereocenters. The molecule has 2 nitrogen and oxygen atoms in total. The van der Waals surface area contributed by atoms with Gasteiger partial charge in [0.15, 0.2) is 0 Å². The smallest absolute Gasteiger partial charge is 0.145 e. The number of hydrogen-bond donors (Lipinski definition) is 0. The maximum absolute atomic E-state index is 6.48. The molecule has 0 fully saturated rings. The maximum atomic E-state index is 6.48. The largest absolute Gasteiger partial charge is 0.455 e. The summed E-state index contributed by atoms with van der Waals surface area (Å²) in [5, 5.41) is 4.94. The first kappa shape index (κ1) is 23.9. The lowest BCUT2D eigenvalue weighted by Crippen LogP contribution is -2.12. The van der Waals surface area contributed by atoms with Crippen molar-refractivity contribution >= 4 is 43.2 Å². The monoisotopic (exact) mass is 503 g/mol. The van der Waals surface area contributed by atoms with Gasteiger partial charge in [0.1, 0.15) is 11.3 Å². The number of furan rings is 1. The molecule has 3 aromatic carbocycles. The second-order valence-electron chi connectivity index (χ2n) is 11.7. The molecule has 3 aromatic heterocycles. The SMILES string of the molecule is Cc1c(-c2cc3c(-c4cc(C(C)(C)C)c5ccccc5c4)nccc3o2)sc2ccc(CC(C)C)cc12. The molecular formula is C34H33NOS. The zero-order valence-electron chi connectivity index (χ0n) is 22.5. The van der Waals surface area contributed by atoms with Crippen LogP contribution in [0.25, 0.3) is 53.7 Å². The second-order valence-corrected chi connectivity index (χ2v) is 12.7. The summed E-state index contributed by atoms with van der Waals surface area (Å²) in [5.41, 5.74) is 7.03. The fraction of sp³-hybridized carbons (Fsp3) is 0.265. The molecule has 0 aliphatic carbocycles. The standard InChI is InChI=1S/C34H33NOS/c1-20(2)15-22-11-12-31-26(16-22)21(3)33(37-31)30-19-27-29(36-30)13-14-35-32(27)24-17-23-9-7-8-10-25(23)28(18-24)34(4,5)6/h7-14,16-20H,15H2,1-6H3. The van der Waals surface area contributed by atoms with Crippen LogP contribution in [0.15, 0.2) is 77.3 Å². The van der Waals surface area contributed by atoms with Crippen molar-refractivity contribution in [1.29, 1.82) is 0 Å². The topological polar surface area (TPSA) is 26.0 Å². The van der Waals surface area contributed by atoms with Crippen molar-refractivity contribution in [3.8, 4) is 21.9 Å². The van der Waals surface area contributed by atoms with Gasteiger partial charge in [-0.2, -0.15) is 0 Å². The third-order valence-electron chi connectivity index (χ3n) is 7.26. The number of nitrogens with zero attached hydrogens (tertiary/aromatic N) is 1. The highest BCUT2D eigenvalue weighted by Gasteiger charge is 2.21. The van der Waals surface area contributed by atoms with Crippen molar-refractivity contribution < 1.29 is 4.42 Å². The van der Waals surface area contributed by atoms with E-state index >= 15 is 0 Å². The van der Waals surface area contributed by atoms with Crippen molar-refractivity contribution in [3.63, 3.8) is 0 Å². The van der Waals surface area contributed by atoms with Crippen LogP contribution < -0.4 is 0 Å². The van der Waals surface area contributed by atoms with E-state index in [1.54, 1.807) is 0 Å². The highest BCUT2D eigenvalue weighted by Crippen LogP contribution is 2.43. The van der Waals surface area contributed by atoms with Crippen molar-refractivity contribution in [2.45, 2.75) is 53.4 Å². The summed E-state index contributed by atoms with van der Waals surface area (Å²) in [6.45, 7) is 13.6. The number of fused-ring (bicyclic) bond motifs is 3. The fourth-order valence-corrected chi connectivity index (χ4v) is 6.62. The molecule has 0 spiro atoms. The lowest BCUT2D eigenvalue weighted by atomic mass is 9.82. The molecule has 0 aliphatic rings. The van der Waals surface area contributed by atoms with Crippen LogP contribution in [-0.2, 0) is 11.8 Å². The number of pyridine rings is 1. The number of aryl methyl sites for hydroxylation is 1. The lowest BCUT2D eigenvalue weighted by molar-refractivity contribution is 0.596. The van der Waals surface area contributed by atoms with Crippen LogP contribution >= 0.6 is 11.3 Å². The third-order valence-corrected chi connectivity index (χ3v) is 8.54. The summed E-state index contributed by atoms with van der Waals surface area (Å²) >= 11 is 1.82. The van der Waals surface area contributed by atoms with Gasteiger partial charge in [0.2, 0.25) is 0 Å². The zero-order chi connectivity index (χ0) is 25.9. The Labute approximate surface area is 223 Å². The van der Waals surface area contributed by atoms with Crippen LogP contribution in [0.4, 0.5) is 0 Å². The van der Waals surface area contributed by atoms with Crippen molar-refractivity contribution in [2.24, 2.45) is 5.92 Å². The van der Waals surface area contributed by atoms with E-state index in [1.165, 1.54) is 42.4 Å². The van der Waals surface area contributed by atoms with Crippen LogP contribution in [0, 0.1) is 12.8 Å². The number of benzene rings is 3. The van der Waals surface area contributed by atoms with E-state index in [2.05, 4.69) is 102 Å². The molecular weight excluding hydrogens is 470 g/mol. The Bertz CT molecular complexity index is 1780. The van der Waals surface area contributed by atoms with Gasteiger partial charge in [0.05, 0.1) is 10.6 Å². The molecule has 0 bridgehead atoms. The number of thiophene rings is 1. The minimum atomic E-state index is 0.0215. The van der Waals surface area contributed by atoms with Gasteiger partial charge in [-0.1, -0.05) is 71.0 Å². The van der Waals surface area contributed by atoms with E-state index in [1.807, 2.05) is 23.6 Å². The average molecular weight is 504 g/mol. The van der Waals surface area contributed by atoms with E-state index in [0.29, 0.717) is 5.92 Å². The van der Waals surface area contributed by atoms with Gasteiger partial charge in [0.25, 0.3) is 0 Å². The minimum Gasteiger partial charge on any atom is -0.455 e. The van der Waals surface area contributed by atoms with E-state index in [9.17, 15) is 0 Å². The van der Waals surface area contributed by atoms with E-state index in [0.717, 1.165) is 34.4 Å². The summed E-state index contributed by atoms with van der Waals surface area (Å²) in [6.07, 6.45) is 2.97. The molecule has 0 N–H and O–H groups in total. The van der Waals surface area contributed by atoms with Crippen LogP contribution in [-0.4, -0.2) is 4.98 Å². The molecule has 3 heteroatoms. The van der Waals surface area contributed by atoms with Crippen LogP contribution in [0.2, 0.25) is 0 Å². The second kappa shape index (κ2) is 8.85. The average Bonchev–Trinajstić information content (AvgIpc) is 3.43. The van der Waals surface area contributed by atoms with Gasteiger partial charge >= 0.3 is 0 Å². The molecule has 0 saturated heterocycles. The minimum absolute atomic E-state index is 0.0215. The van der Waals surface area contributed by atoms with Crippen LogP contribution in [0.1, 0.15) is 51.3 Å². The van der Waals surface area contributed by atoms with Crippen LogP contribution in [0.3, 0.4) is 0 Å². The normalized spacial score (nSPS) is 12.4. The quantitative estimate of drug-likeness (QED) is 0.239. The molecule has 6 rings (SSSR count). The fourth-order valence-electron chi connectivity index (χ4n) is 5.47. The number of hydrogen-bond acceptors (Lipinski definition) is 3. The van der Waals surface area contributed by atoms with Gasteiger partial charge in [-0.15, -0.1) is 11.3 Å². The number of rotatable bonds is 4. The first-order valence-corrected chi connectivity index (χ1v) is 14.0. The highest BCUT2D eigenvalue weighted by atomic mass is 32.1. The molecule has 3 heterocycles. The summed E-state index contributed by atoms with van der Waals surface area (Å²) in [5.74, 6) is 1.57. The van der Waals surface area contributed by atoms with Gasteiger partial charge in [-0.05, 0) is 87.9 Å². The Morgan fingerprint density at radius 3 is 2.49 bits per heavy atom. The molecule has 0 saturated carbocycles. The number of aromatic nitrogens is 1. The molecule has 37 heavy (non-hydrogen) atoms. The summed E-state index contributed by atoms with van der Waals surface area (Å²) < 4.78 is 7.79. The molecule has 0 aliphatic heterocycles. The first-order chi connectivity index (χ1) is 17.7.